The minimum absolute atomic E-state index is 0.00967. The number of carbonyl (C=O) groups is 6. The van der Waals surface area contributed by atoms with Crippen molar-refractivity contribution < 1.29 is 53.2 Å². The van der Waals surface area contributed by atoms with E-state index in [9.17, 15) is 33.9 Å². The van der Waals surface area contributed by atoms with Crippen LogP contribution in [0.2, 0.25) is 0 Å². The van der Waals surface area contributed by atoms with E-state index in [1.807, 2.05) is 95.6 Å². The topological polar surface area (TPSA) is 180 Å². The molecule has 0 saturated carbocycles. The highest BCUT2D eigenvalue weighted by Crippen LogP contribution is 2.32. The van der Waals surface area contributed by atoms with E-state index in [1.54, 1.807) is 50.4 Å². The summed E-state index contributed by atoms with van der Waals surface area (Å²) in [5.41, 5.74) is 2.11. The predicted molar refractivity (Wildman–Crippen MR) is 259 cm³/mol. The Kier molecular flexibility index (Phi) is 23.8. The molecule has 1 saturated heterocycles. The van der Waals surface area contributed by atoms with Gasteiger partial charge in [-0.3, -0.25) is 28.9 Å². The molecule has 0 aromatic heterocycles. The Morgan fingerprint density at radius 1 is 0.806 bits per heavy atom. The number of amides is 2. The molecule has 0 bridgehead atoms. The molecule has 2 aromatic carbocycles. The van der Waals surface area contributed by atoms with E-state index >= 15 is 0 Å². The lowest BCUT2D eigenvalue weighted by atomic mass is 9.83. The maximum atomic E-state index is 14.6. The summed E-state index contributed by atoms with van der Waals surface area (Å²) in [5.74, 6) is -3.80. The van der Waals surface area contributed by atoms with Crippen molar-refractivity contribution in [3.05, 3.63) is 71.3 Å². The van der Waals surface area contributed by atoms with Crippen molar-refractivity contribution in [3.8, 4) is 0 Å². The quantitative estimate of drug-likeness (QED) is 0.0754. The molecule has 14 nitrogen and oxygen atoms in total. The summed E-state index contributed by atoms with van der Waals surface area (Å²) >= 11 is 0. The molecule has 67 heavy (non-hydrogen) atoms. The predicted octanol–water partition coefficient (Wildman–Crippen LogP) is 7.69. The number of rotatable bonds is 31. The van der Waals surface area contributed by atoms with Crippen molar-refractivity contribution in [3.63, 3.8) is 0 Å². The monoisotopic (exact) mass is 936 g/mol. The number of Topliss-reactive ketones (excluding diaryl/α,β-unsaturated/α-hetero) is 2. The lowest BCUT2D eigenvalue weighted by Gasteiger charge is -2.41. The van der Waals surface area contributed by atoms with Crippen LogP contribution in [0.5, 0.6) is 0 Å². The zero-order chi connectivity index (χ0) is 50.0. The van der Waals surface area contributed by atoms with Gasteiger partial charge in [0.05, 0.1) is 55.5 Å². The summed E-state index contributed by atoms with van der Waals surface area (Å²) in [6.07, 6.45) is 2.24. The van der Waals surface area contributed by atoms with Gasteiger partial charge in [-0.25, -0.2) is 4.79 Å². The minimum Gasteiger partial charge on any atom is -0.481 e. The standard InChI is InChI=1S/C53H81N3O11/c1-12-36(6)50(55(9)52(62)42(34(2)3)30-45(58)49(35(4)5)54(8)26-17-21-48(60)61)46(65-10)31-47(59)56-27-16-20-43(56)51(66-11)37(7)44(57)29-40(28-38-18-14-13-15-19-38)33-67-32-39-22-24-41(25-23-39)53(63)64/h13-15,18-19,22-25,34-37,40,42-43,46,49-51H,12,16-17,20-21,26-33H2,1-11H3,(H,60,61)(H,63,64)/t36-,37-,40+,42-,43-,46+,49-,50-,51+/m0/s1. The second-order valence-corrected chi connectivity index (χ2v) is 19.5. The Labute approximate surface area is 400 Å². The Morgan fingerprint density at radius 2 is 1.46 bits per heavy atom. The van der Waals surface area contributed by atoms with Crippen LogP contribution in [0.3, 0.4) is 0 Å². The maximum Gasteiger partial charge on any atom is 0.335 e. The molecule has 0 unspecified atom stereocenters. The van der Waals surface area contributed by atoms with Gasteiger partial charge < -0.3 is 34.2 Å². The number of benzene rings is 2. The van der Waals surface area contributed by atoms with E-state index in [0.717, 1.165) is 17.5 Å². The number of hydrogen-bond donors (Lipinski definition) is 2. The van der Waals surface area contributed by atoms with Gasteiger partial charge in [0.2, 0.25) is 11.8 Å². The van der Waals surface area contributed by atoms with Crippen LogP contribution in [-0.4, -0.2) is 139 Å². The Hall–Kier alpha value is -4.50. The molecule has 0 spiro atoms. The van der Waals surface area contributed by atoms with Crippen LogP contribution in [0.15, 0.2) is 54.6 Å². The molecule has 0 radical (unpaired) electrons. The molecule has 2 aromatic rings. The van der Waals surface area contributed by atoms with Gasteiger partial charge in [-0.05, 0) is 86.2 Å². The first-order valence-corrected chi connectivity index (χ1v) is 24.3. The normalized spacial score (nSPS) is 17.7. The highest BCUT2D eigenvalue weighted by Gasteiger charge is 2.43. The summed E-state index contributed by atoms with van der Waals surface area (Å²) < 4.78 is 18.3. The average molecular weight is 936 g/mol. The van der Waals surface area contributed by atoms with E-state index in [2.05, 4.69) is 0 Å². The number of aromatic carboxylic acids is 1. The third-order valence-electron chi connectivity index (χ3n) is 13.9. The third-order valence-corrected chi connectivity index (χ3v) is 13.9. The summed E-state index contributed by atoms with van der Waals surface area (Å²) in [4.78, 5) is 85.2. The number of likely N-dealkylation sites (N-methyl/N-ethyl adjacent to an activating group) is 2. The van der Waals surface area contributed by atoms with Gasteiger partial charge in [-0.1, -0.05) is 97.4 Å². The lowest BCUT2D eigenvalue weighted by Crippen LogP contribution is -2.54. The Balaban J connectivity index is 1.77. The number of aliphatic carboxylic acids is 1. The van der Waals surface area contributed by atoms with Crippen LogP contribution in [0.4, 0.5) is 0 Å². The first kappa shape index (κ1) is 56.8. The fourth-order valence-corrected chi connectivity index (χ4v) is 9.99. The van der Waals surface area contributed by atoms with Gasteiger partial charge in [-0.15, -0.1) is 0 Å². The van der Waals surface area contributed by atoms with E-state index in [0.29, 0.717) is 45.4 Å². The molecular weight excluding hydrogens is 855 g/mol. The second-order valence-electron chi connectivity index (χ2n) is 19.5. The number of ether oxygens (including phenoxy) is 3. The first-order chi connectivity index (χ1) is 31.7. The summed E-state index contributed by atoms with van der Waals surface area (Å²) in [6, 6.07) is 15.2. The summed E-state index contributed by atoms with van der Waals surface area (Å²) in [7, 11) is 6.73. The molecule has 9 atom stereocenters. The van der Waals surface area contributed by atoms with Gasteiger partial charge >= 0.3 is 11.9 Å². The van der Waals surface area contributed by atoms with Gasteiger partial charge in [0.15, 0.2) is 5.78 Å². The summed E-state index contributed by atoms with van der Waals surface area (Å²) in [5, 5.41) is 18.4. The largest absolute Gasteiger partial charge is 0.481 e. The number of likely N-dealkylation sites (tertiary alicyclic amines) is 1. The second kappa shape index (κ2) is 28.1. The Morgan fingerprint density at radius 3 is 2.01 bits per heavy atom. The number of methoxy groups -OCH3 is 2. The Bertz CT molecular complexity index is 1870. The minimum atomic E-state index is -0.995. The molecule has 0 aliphatic carbocycles. The molecule has 1 aliphatic rings. The number of nitrogens with zero attached hydrogens (tertiary/aromatic N) is 3. The van der Waals surface area contributed by atoms with Crippen LogP contribution in [0.1, 0.15) is 121 Å². The van der Waals surface area contributed by atoms with Crippen molar-refractivity contribution in [1.29, 1.82) is 0 Å². The van der Waals surface area contributed by atoms with Gasteiger partial charge in [-0.2, -0.15) is 0 Å². The lowest BCUT2D eigenvalue weighted by molar-refractivity contribution is -0.149. The number of ketones is 2. The van der Waals surface area contributed by atoms with Crippen LogP contribution in [0.25, 0.3) is 0 Å². The van der Waals surface area contributed by atoms with E-state index in [-0.39, 0.29) is 90.9 Å². The van der Waals surface area contributed by atoms with Gasteiger partial charge in [0, 0.05) is 58.9 Å². The highest BCUT2D eigenvalue weighted by atomic mass is 16.5. The third kappa shape index (κ3) is 16.9. The van der Waals surface area contributed by atoms with E-state index in [4.69, 9.17) is 19.3 Å². The van der Waals surface area contributed by atoms with E-state index < -0.39 is 48.1 Å². The molecular formula is C53H81N3O11. The van der Waals surface area contributed by atoms with Crippen LogP contribution < -0.4 is 0 Å². The molecule has 2 N–H and O–H groups in total. The number of carboxylic acids is 2. The van der Waals surface area contributed by atoms with Crippen LogP contribution in [-0.2, 0) is 51.2 Å². The molecule has 1 heterocycles. The van der Waals surface area contributed by atoms with Crippen LogP contribution in [0, 0.1) is 35.5 Å². The highest BCUT2D eigenvalue weighted by molar-refractivity contribution is 5.90. The van der Waals surface area contributed by atoms with E-state index in [1.165, 1.54) is 0 Å². The maximum absolute atomic E-state index is 14.6. The molecule has 1 fully saturated rings. The SMILES string of the molecule is CC[C@H](C)[C@@H]([C@@H](CC(=O)N1CCC[C@H]1[C@H](OC)[C@@H](C)C(=O)C[C@H](COCc1ccc(C(=O)O)cc1)Cc1ccccc1)OC)N(C)C(=O)[C@@H](CC(=O)[C@H](C(C)C)N(C)CCCC(=O)O)C(C)C. The van der Waals surface area contributed by atoms with Crippen molar-refractivity contribution in [2.75, 3.05) is 48.0 Å². The van der Waals surface area contributed by atoms with Crippen molar-refractivity contribution in [1.82, 2.24) is 14.7 Å². The fraction of sp³-hybridized carbons (Fsp3) is 0.660. The van der Waals surface area contributed by atoms with Crippen molar-refractivity contribution in [2.24, 2.45) is 35.5 Å². The number of hydrogen-bond acceptors (Lipinski definition) is 10. The number of carbonyl (C=O) groups excluding carboxylic acids is 4. The van der Waals surface area contributed by atoms with Crippen molar-refractivity contribution >= 4 is 35.3 Å². The van der Waals surface area contributed by atoms with Crippen LogP contribution >= 0.6 is 0 Å². The smallest absolute Gasteiger partial charge is 0.335 e. The zero-order valence-corrected chi connectivity index (χ0v) is 42.1. The average Bonchev–Trinajstić information content (AvgIpc) is 3.77. The summed E-state index contributed by atoms with van der Waals surface area (Å²) in [6.45, 7) is 15.3. The first-order valence-electron chi connectivity index (χ1n) is 24.3. The molecule has 14 heteroatoms. The molecule has 2 amide bonds. The van der Waals surface area contributed by atoms with Crippen molar-refractivity contribution in [2.45, 2.75) is 143 Å². The number of carboxylic acid groups (broad SMARTS) is 2. The zero-order valence-electron chi connectivity index (χ0n) is 42.1. The molecule has 374 valence electrons. The van der Waals surface area contributed by atoms with Gasteiger partial charge in [0.25, 0.3) is 0 Å². The van der Waals surface area contributed by atoms with Gasteiger partial charge in [0.1, 0.15) is 5.78 Å². The molecule has 3 rings (SSSR count). The molecule has 1 aliphatic heterocycles. The fourth-order valence-electron chi connectivity index (χ4n) is 9.99.